The summed E-state index contributed by atoms with van der Waals surface area (Å²) >= 11 is 0. The monoisotopic (exact) mass is 350 g/mol. The quantitative estimate of drug-likeness (QED) is 0.840. The maximum absolute atomic E-state index is 13.4. The Kier molecular flexibility index (Phi) is 6.44. The summed E-state index contributed by atoms with van der Waals surface area (Å²) in [4.78, 5) is 14.2. The van der Waals surface area contributed by atoms with Crippen LogP contribution in [0.15, 0.2) is 24.3 Å². The summed E-state index contributed by atoms with van der Waals surface area (Å²) in [6.07, 6.45) is 2.65. The zero-order valence-electron chi connectivity index (χ0n) is 16.0. The predicted octanol–water partition coefficient (Wildman–Crippen LogP) is 4.65. The van der Waals surface area contributed by atoms with E-state index in [0.717, 1.165) is 31.4 Å². The maximum Gasteiger partial charge on any atom is 0.410 e. The minimum atomic E-state index is -0.472. The number of benzene rings is 1. The van der Waals surface area contributed by atoms with Gasteiger partial charge in [-0.3, -0.25) is 0 Å². The number of rotatable bonds is 5. The second kappa shape index (κ2) is 8.17. The lowest BCUT2D eigenvalue weighted by atomic mass is 10.0. The summed E-state index contributed by atoms with van der Waals surface area (Å²) in [7, 11) is 0. The Bertz CT molecular complexity index is 585. The van der Waals surface area contributed by atoms with Crippen LogP contribution in [0.3, 0.4) is 0 Å². The maximum atomic E-state index is 13.4. The third-order valence-electron chi connectivity index (χ3n) is 4.51. The Labute approximate surface area is 150 Å². The Morgan fingerprint density at radius 2 is 2.12 bits per heavy atom. The van der Waals surface area contributed by atoms with E-state index in [2.05, 4.69) is 12.2 Å². The van der Waals surface area contributed by atoms with E-state index >= 15 is 0 Å². The molecule has 0 spiro atoms. The Morgan fingerprint density at radius 3 is 2.76 bits per heavy atom. The van der Waals surface area contributed by atoms with Crippen LogP contribution >= 0.6 is 0 Å². The van der Waals surface area contributed by atoms with E-state index in [9.17, 15) is 9.18 Å². The molecular formula is C20H31FN2O2. The van der Waals surface area contributed by atoms with Crippen molar-refractivity contribution in [2.45, 2.75) is 77.6 Å². The van der Waals surface area contributed by atoms with Crippen LogP contribution < -0.4 is 5.32 Å². The molecule has 1 amide bonds. The first-order chi connectivity index (χ1) is 11.7. The molecule has 5 heteroatoms. The molecule has 1 aromatic carbocycles. The van der Waals surface area contributed by atoms with Crippen LogP contribution in [0, 0.1) is 5.82 Å². The van der Waals surface area contributed by atoms with E-state index in [4.69, 9.17) is 4.74 Å². The normalized spacial score (nSPS) is 20.4. The lowest BCUT2D eigenvalue weighted by molar-refractivity contribution is 0.0214. The van der Waals surface area contributed by atoms with Gasteiger partial charge in [0.1, 0.15) is 11.4 Å². The van der Waals surface area contributed by atoms with Crippen molar-refractivity contribution in [3.05, 3.63) is 35.6 Å². The van der Waals surface area contributed by atoms with Gasteiger partial charge < -0.3 is 15.0 Å². The predicted molar refractivity (Wildman–Crippen MR) is 98.0 cm³/mol. The molecule has 1 fully saturated rings. The highest BCUT2D eigenvalue weighted by Crippen LogP contribution is 2.25. The van der Waals surface area contributed by atoms with E-state index in [1.54, 1.807) is 12.1 Å². The molecule has 3 atom stereocenters. The number of likely N-dealkylation sites (tertiary alicyclic amines) is 1. The van der Waals surface area contributed by atoms with Crippen LogP contribution in [-0.4, -0.2) is 35.2 Å². The van der Waals surface area contributed by atoms with Gasteiger partial charge in [0.2, 0.25) is 0 Å². The van der Waals surface area contributed by atoms with E-state index in [-0.39, 0.29) is 30.0 Å². The summed E-state index contributed by atoms with van der Waals surface area (Å²) in [6.45, 7) is 10.6. The van der Waals surface area contributed by atoms with Gasteiger partial charge >= 0.3 is 6.09 Å². The third-order valence-corrected chi connectivity index (χ3v) is 4.51. The number of ether oxygens (including phenoxy) is 1. The molecule has 0 aliphatic carbocycles. The van der Waals surface area contributed by atoms with Crippen molar-refractivity contribution < 1.29 is 13.9 Å². The van der Waals surface area contributed by atoms with Crippen molar-refractivity contribution >= 4 is 6.09 Å². The molecule has 1 aliphatic heterocycles. The molecule has 0 aromatic heterocycles. The highest BCUT2D eigenvalue weighted by atomic mass is 19.1. The second-order valence-corrected chi connectivity index (χ2v) is 8.05. The summed E-state index contributed by atoms with van der Waals surface area (Å²) < 4.78 is 18.9. The largest absolute Gasteiger partial charge is 0.444 e. The van der Waals surface area contributed by atoms with Gasteiger partial charge in [-0.05, 0) is 71.6 Å². The summed E-state index contributed by atoms with van der Waals surface area (Å²) in [6, 6.07) is 7.14. The van der Waals surface area contributed by atoms with Crippen LogP contribution in [-0.2, 0) is 4.74 Å². The van der Waals surface area contributed by atoms with Gasteiger partial charge in [-0.25, -0.2) is 9.18 Å². The van der Waals surface area contributed by atoms with Crippen LogP contribution in [0.2, 0.25) is 0 Å². The van der Waals surface area contributed by atoms with Gasteiger partial charge in [0.05, 0.1) is 0 Å². The number of hydrogen-bond acceptors (Lipinski definition) is 3. The fourth-order valence-electron chi connectivity index (χ4n) is 3.42. The molecule has 2 unspecified atom stereocenters. The highest BCUT2D eigenvalue weighted by molar-refractivity contribution is 5.68. The molecule has 1 aliphatic rings. The summed E-state index contributed by atoms with van der Waals surface area (Å²) in [5, 5.41) is 3.51. The smallest absolute Gasteiger partial charge is 0.410 e. The first-order valence-electron chi connectivity index (χ1n) is 9.17. The highest BCUT2D eigenvalue weighted by Gasteiger charge is 2.33. The second-order valence-electron chi connectivity index (χ2n) is 8.05. The van der Waals surface area contributed by atoms with Crippen molar-refractivity contribution in [2.24, 2.45) is 0 Å². The number of halogens is 1. The van der Waals surface area contributed by atoms with Crippen molar-refractivity contribution in [1.29, 1.82) is 0 Å². The van der Waals surface area contributed by atoms with Crippen molar-refractivity contribution in [2.75, 3.05) is 6.54 Å². The number of hydrogen-bond donors (Lipinski definition) is 1. The molecule has 0 saturated carbocycles. The van der Waals surface area contributed by atoms with Crippen LogP contribution in [0.1, 0.15) is 65.5 Å². The van der Waals surface area contributed by atoms with Gasteiger partial charge in [-0.2, -0.15) is 0 Å². The molecule has 1 heterocycles. The molecule has 1 aromatic rings. The fraction of sp³-hybridized carbons (Fsp3) is 0.650. The van der Waals surface area contributed by atoms with Gasteiger partial charge in [-0.15, -0.1) is 0 Å². The van der Waals surface area contributed by atoms with Crippen LogP contribution in [0.4, 0.5) is 9.18 Å². The zero-order chi connectivity index (χ0) is 18.6. The van der Waals surface area contributed by atoms with Gasteiger partial charge in [0.25, 0.3) is 0 Å². The summed E-state index contributed by atoms with van der Waals surface area (Å²) in [5.74, 6) is -0.217. The standard InChI is InChI=1S/C20H31FN2O2/c1-14(22-15(2)16-8-6-9-17(21)13-16)12-18-10-7-11-23(18)19(24)25-20(3,4)5/h6,8-9,13-15,18,22H,7,10-12H2,1-5H3/t14?,15-,18?/m0/s1. The minimum Gasteiger partial charge on any atom is -0.444 e. The van der Waals surface area contributed by atoms with Gasteiger partial charge in [-0.1, -0.05) is 12.1 Å². The van der Waals surface area contributed by atoms with Crippen LogP contribution in [0.5, 0.6) is 0 Å². The molecule has 0 radical (unpaired) electrons. The molecular weight excluding hydrogens is 319 g/mol. The average Bonchev–Trinajstić information content (AvgIpc) is 2.93. The minimum absolute atomic E-state index is 0.0575. The molecule has 1 N–H and O–H groups in total. The average molecular weight is 350 g/mol. The Morgan fingerprint density at radius 1 is 1.40 bits per heavy atom. The summed E-state index contributed by atoms with van der Waals surface area (Å²) in [5.41, 5.74) is 0.460. The third kappa shape index (κ3) is 5.99. The first kappa shape index (κ1) is 19.7. The number of nitrogens with one attached hydrogen (secondary N) is 1. The van der Waals surface area contributed by atoms with E-state index in [1.165, 1.54) is 6.07 Å². The van der Waals surface area contributed by atoms with Crippen molar-refractivity contribution in [3.63, 3.8) is 0 Å². The molecule has 25 heavy (non-hydrogen) atoms. The Hall–Kier alpha value is -1.62. The van der Waals surface area contributed by atoms with Crippen molar-refractivity contribution in [3.8, 4) is 0 Å². The molecule has 0 bridgehead atoms. The molecule has 1 saturated heterocycles. The van der Waals surface area contributed by atoms with Gasteiger partial charge in [0, 0.05) is 24.7 Å². The topological polar surface area (TPSA) is 41.6 Å². The lowest BCUT2D eigenvalue weighted by Gasteiger charge is -2.31. The number of nitrogens with zero attached hydrogens (tertiary/aromatic N) is 1. The molecule has 2 rings (SSSR count). The van der Waals surface area contributed by atoms with E-state index < -0.39 is 5.60 Å². The molecule has 140 valence electrons. The molecule has 4 nitrogen and oxygen atoms in total. The van der Waals surface area contributed by atoms with E-state index in [1.807, 2.05) is 38.7 Å². The fourth-order valence-corrected chi connectivity index (χ4v) is 3.42. The Balaban J connectivity index is 1.90. The van der Waals surface area contributed by atoms with Crippen molar-refractivity contribution in [1.82, 2.24) is 10.2 Å². The number of carbonyl (C=O) groups excluding carboxylic acids is 1. The first-order valence-corrected chi connectivity index (χ1v) is 9.17. The van der Waals surface area contributed by atoms with Gasteiger partial charge in [0.15, 0.2) is 0 Å². The lowest BCUT2D eigenvalue weighted by Crippen LogP contribution is -2.42. The number of carbonyl (C=O) groups is 1. The van der Waals surface area contributed by atoms with Crippen LogP contribution in [0.25, 0.3) is 0 Å². The SMILES string of the molecule is CC(CC1CCCN1C(=O)OC(C)(C)C)N[C@@H](C)c1cccc(F)c1. The van der Waals surface area contributed by atoms with E-state index in [0.29, 0.717) is 0 Å². The zero-order valence-corrected chi connectivity index (χ0v) is 16.0. The number of amides is 1.